The van der Waals surface area contributed by atoms with Gasteiger partial charge in [-0.2, -0.15) is 0 Å². The van der Waals surface area contributed by atoms with Gasteiger partial charge in [0, 0.05) is 47.3 Å². The van der Waals surface area contributed by atoms with E-state index in [2.05, 4.69) is 15.6 Å². The molecule has 0 spiro atoms. The van der Waals surface area contributed by atoms with Crippen LogP contribution in [0.15, 0.2) is 114 Å². The van der Waals surface area contributed by atoms with E-state index >= 15 is 0 Å². The molecule has 1 heterocycles. The van der Waals surface area contributed by atoms with Crippen LogP contribution in [0.2, 0.25) is 0 Å². The Morgan fingerprint density at radius 1 is 0.889 bits per heavy atom. The maximum absolute atomic E-state index is 13.3. The smallest absolute Gasteiger partial charge is 0.226 e. The Hall–Kier alpha value is -5.17. The fourth-order valence-electron chi connectivity index (χ4n) is 5.30. The van der Waals surface area contributed by atoms with Crippen LogP contribution in [-0.2, 0) is 17.6 Å². The van der Waals surface area contributed by atoms with Crippen molar-refractivity contribution >= 4 is 17.4 Å². The summed E-state index contributed by atoms with van der Waals surface area (Å²) in [6.45, 7) is 2.85. The van der Waals surface area contributed by atoms with E-state index < -0.39 is 0 Å². The number of hydrogen-bond acceptors (Lipinski definition) is 6. The zero-order valence-electron chi connectivity index (χ0n) is 25.4. The molecule has 1 aliphatic rings. The molecule has 7 nitrogen and oxygen atoms in total. The number of rotatable bonds is 14. The third-order valence-corrected chi connectivity index (χ3v) is 7.96. The molecule has 0 saturated heterocycles. The molecule has 228 valence electrons. The minimum atomic E-state index is -0.127. The molecule has 0 aliphatic heterocycles. The maximum atomic E-state index is 13.3. The topological polar surface area (TPSA) is 93.5 Å². The molecule has 4 aromatic carbocycles. The van der Waals surface area contributed by atoms with Crippen molar-refractivity contribution < 1.29 is 18.7 Å². The lowest BCUT2D eigenvalue weighted by molar-refractivity contribution is -0.122. The lowest BCUT2D eigenvalue weighted by Crippen LogP contribution is -2.38. The molecule has 45 heavy (non-hydrogen) atoms. The van der Waals surface area contributed by atoms with Gasteiger partial charge >= 0.3 is 0 Å². The van der Waals surface area contributed by atoms with Crippen molar-refractivity contribution in [2.45, 2.75) is 38.6 Å². The van der Waals surface area contributed by atoms with Crippen molar-refractivity contribution in [2.75, 3.05) is 18.5 Å². The van der Waals surface area contributed by atoms with E-state index in [1.54, 1.807) is 0 Å². The van der Waals surface area contributed by atoms with Crippen LogP contribution in [0.3, 0.4) is 0 Å². The summed E-state index contributed by atoms with van der Waals surface area (Å²) in [6, 6.07) is 34.6. The van der Waals surface area contributed by atoms with Crippen LogP contribution < -0.4 is 15.4 Å². The van der Waals surface area contributed by atoms with Gasteiger partial charge in [0.1, 0.15) is 11.5 Å². The van der Waals surface area contributed by atoms with Gasteiger partial charge in [0.15, 0.2) is 5.78 Å². The number of aryl methyl sites for hydroxylation is 1. The zero-order valence-corrected chi connectivity index (χ0v) is 25.4. The number of hydrogen-bond donors (Lipinski definition) is 2. The summed E-state index contributed by atoms with van der Waals surface area (Å²) in [5.74, 6) is 2.37. The minimum absolute atomic E-state index is 0.0435. The van der Waals surface area contributed by atoms with Crippen LogP contribution in [0.5, 0.6) is 5.75 Å². The fraction of sp³-hybridized carbons (Fsp3) is 0.237. The van der Waals surface area contributed by atoms with Crippen molar-refractivity contribution in [3.8, 4) is 17.2 Å². The molecule has 1 saturated carbocycles. The van der Waals surface area contributed by atoms with Gasteiger partial charge in [0.05, 0.1) is 12.3 Å². The number of ketones is 1. The molecule has 0 bridgehead atoms. The van der Waals surface area contributed by atoms with Gasteiger partial charge in [0.2, 0.25) is 11.8 Å². The monoisotopic (exact) mass is 599 g/mol. The third-order valence-electron chi connectivity index (χ3n) is 7.96. The SMILES string of the molecule is Cc1oc(-c2ccccc2)nc1CCOc1ccc(C[C@@H](CNC(=O)C2CC2)Nc2ccccc2C(=O)c2ccccc2)cc1. The second kappa shape index (κ2) is 14.1. The Labute approximate surface area is 263 Å². The van der Waals surface area contributed by atoms with Crippen LogP contribution in [0.4, 0.5) is 5.69 Å². The van der Waals surface area contributed by atoms with Crippen molar-refractivity contribution in [3.05, 3.63) is 137 Å². The fourth-order valence-corrected chi connectivity index (χ4v) is 5.30. The first-order chi connectivity index (χ1) is 22.0. The van der Waals surface area contributed by atoms with Gasteiger partial charge in [-0.25, -0.2) is 4.98 Å². The van der Waals surface area contributed by atoms with Crippen LogP contribution in [-0.4, -0.2) is 35.9 Å². The lowest BCUT2D eigenvalue weighted by atomic mass is 10.00. The molecule has 5 aromatic rings. The van der Waals surface area contributed by atoms with Gasteiger partial charge in [-0.1, -0.05) is 72.8 Å². The highest BCUT2D eigenvalue weighted by molar-refractivity contribution is 6.12. The Morgan fingerprint density at radius 3 is 2.31 bits per heavy atom. The second-order valence-electron chi connectivity index (χ2n) is 11.4. The molecule has 1 atom stereocenters. The Balaban J connectivity index is 1.09. The molecule has 1 amide bonds. The van der Waals surface area contributed by atoms with Gasteiger partial charge in [-0.15, -0.1) is 0 Å². The Morgan fingerprint density at radius 2 is 1.58 bits per heavy atom. The molecule has 7 heteroatoms. The summed E-state index contributed by atoms with van der Waals surface area (Å²) >= 11 is 0. The number of para-hydroxylation sites is 1. The van der Waals surface area contributed by atoms with Gasteiger partial charge in [-0.05, 0) is 68.1 Å². The average Bonchev–Trinajstić information content (AvgIpc) is 3.87. The second-order valence-corrected chi connectivity index (χ2v) is 11.4. The molecule has 1 aliphatic carbocycles. The van der Waals surface area contributed by atoms with Crippen molar-refractivity contribution in [1.82, 2.24) is 10.3 Å². The highest BCUT2D eigenvalue weighted by atomic mass is 16.5. The molecule has 1 aromatic heterocycles. The van der Waals surface area contributed by atoms with E-state index in [4.69, 9.17) is 9.15 Å². The van der Waals surface area contributed by atoms with E-state index in [1.807, 2.05) is 116 Å². The van der Waals surface area contributed by atoms with Gasteiger partial charge in [-0.3, -0.25) is 9.59 Å². The maximum Gasteiger partial charge on any atom is 0.226 e. The first-order valence-electron chi connectivity index (χ1n) is 15.5. The minimum Gasteiger partial charge on any atom is -0.493 e. The summed E-state index contributed by atoms with van der Waals surface area (Å²) in [6.07, 6.45) is 3.19. The number of nitrogens with one attached hydrogen (secondary N) is 2. The number of ether oxygens (including phenoxy) is 1. The van der Waals surface area contributed by atoms with Crippen LogP contribution >= 0.6 is 0 Å². The molecule has 2 N–H and O–H groups in total. The van der Waals surface area contributed by atoms with Crippen LogP contribution in [0.1, 0.15) is 45.8 Å². The van der Waals surface area contributed by atoms with Gasteiger partial charge in [0.25, 0.3) is 0 Å². The first kappa shape index (κ1) is 29.9. The Kier molecular flexibility index (Phi) is 9.35. The number of anilines is 1. The number of oxazole rings is 1. The molecule has 0 unspecified atom stereocenters. The number of carbonyl (C=O) groups is 2. The van der Waals surface area contributed by atoms with Crippen molar-refractivity contribution in [3.63, 3.8) is 0 Å². The predicted molar refractivity (Wildman–Crippen MR) is 175 cm³/mol. The van der Waals surface area contributed by atoms with Crippen molar-refractivity contribution in [2.24, 2.45) is 5.92 Å². The van der Waals surface area contributed by atoms with E-state index in [0.29, 0.717) is 43.0 Å². The summed E-state index contributed by atoms with van der Waals surface area (Å²) in [5.41, 5.74) is 4.91. The highest BCUT2D eigenvalue weighted by Crippen LogP contribution is 2.29. The predicted octanol–water partition coefficient (Wildman–Crippen LogP) is 7.05. The van der Waals surface area contributed by atoms with Crippen molar-refractivity contribution in [1.29, 1.82) is 0 Å². The molecular weight excluding hydrogens is 562 g/mol. The van der Waals surface area contributed by atoms with Crippen LogP contribution in [0.25, 0.3) is 11.5 Å². The molecule has 6 rings (SSSR count). The highest BCUT2D eigenvalue weighted by Gasteiger charge is 2.30. The number of benzene rings is 4. The summed E-state index contributed by atoms with van der Waals surface area (Å²) in [5, 5.41) is 6.68. The summed E-state index contributed by atoms with van der Waals surface area (Å²) in [4.78, 5) is 30.5. The summed E-state index contributed by atoms with van der Waals surface area (Å²) in [7, 11) is 0. The quantitative estimate of drug-likeness (QED) is 0.133. The number of aromatic nitrogens is 1. The number of carbonyl (C=O) groups excluding carboxylic acids is 2. The number of nitrogens with zero attached hydrogens (tertiary/aromatic N) is 1. The number of amides is 1. The van der Waals surface area contributed by atoms with E-state index in [0.717, 1.165) is 46.9 Å². The normalized spacial score (nSPS) is 13.2. The average molecular weight is 600 g/mol. The Bertz CT molecular complexity index is 1730. The molecular formula is C38H37N3O4. The van der Waals surface area contributed by atoms with E-state index in [1.165, 1.54) is 0 Å². The lowest BCUT2D eigenvalue weighted by Gasteiger charge is -2.22. The summed E-state index contributed by atoms with van der Waals surface area (Å²) < 4.78 is 11.9. The largest absolute Gasteiger partial charge is 0.493 e. The van der Waals surface area contributed by atoms with Crippen LogP contribution in [0, 0.1) is 12.8 Å². The van der Waals surface area contributed by atoms with E-state index in [-0.39, 0.29) is 23.7 Å². The molecule has 1 fully saturated rings. The third kappa shape index (κ3) is 7.87. The van der Waals surface area contributed by atoms with E-state index in [9.17, 15) is 9.59 Å². The zero-order chi connectivity index (χ0) is 31.0. The molecule has 0 radical (unpaired) electrons. The first-order valence-corrected chi connectivity index (χ1v) is 15.5. The van der Waals surface area contributed by atoms with Gasteiger partial charge < -0.3 is 19.8 Å². The standard InChI is InChI=1S/C38H37N3O4/c1-26-34(41-38(45-26)30-12-6-3-7-13-30)22-23-44-32-20-16-27(17-21-32)24-31(25-39-37(43)29-18-19-29)40-35-15-9-8-14-33(35)36(42)28-10-4-2-5-11-28/h2-17,20-21,29,31,40H,18-19,22-25H2,1H3,(H,39,43)/t31-/m0/s1.